The molecule has 0 fully saturated rings. The highest BCUT2D eigenvalue weighted by molar-refractivity contribution is 7.84. The number of hydrogen-bond acceptors (Lipinski definition) is 5. The zero-order valence-electron chi connectivity index (χ0n) is 33.1. The summed E-state index contributed by atoms with van der Waals surface area (Å²) < 4.78 is 19.4. The smallest absolute Gasteiger partial charge is 0.374 e. The largest absolute Gasteiger partial charge is 0.500 e. The molecule has 0 bridgehead atoms. The molecule has 0 aliphatic rings. The molecule has 0 saturated heterocycles. The minimum atomic E-state index is -2.68. The van der Waals surface area contributed by atoms with Gasteiger partial charge in [-0.25, -0.2) is 0 Å². The van der Waals surface area contributed by atoms with Crippen LogP contribution in [-0.2, 0) is 13.3 Å². The van der Waals surface area contributed by atoms with Gasteiger partial charge < -0.3 is 13.3 Å². The zero-order chi connectivity index (χ0) is 35.1. The third-order valence-electron chi connectivity index (χ3n) is 10.00. The molecular weight excluding hydrogens is 645 g/mol. The molecule has 1 unspecified atom stereocenters. The fourth-order valence-corrected chi connectivity index (χ4v) is 10.0. The Morgan fingerprint density at radius 3 is 0.917 bits per heavy atom. The third-order valence-corrected chi connectivity index (χ3v) is 14.1. The molecule has 0 heterocycles. The maximum absolute atomic E-state index is 6.55. The Balaban J connectivity index is 3.98. The maximum atomic E-state index is 6.55. The second-order valence-corrected chi connectivity index (χ2v) is 18.6. The topological polar surface area (TPSA) is 27.7 Å². The van der Waals surface area contributed by atoms with Crippen molar-refractivity contribution in [1.29, 1.82) is 0 Å². The molecule has 290 valence electrons. The Morgan fingerprint density at radius 1 is 0.396 bits per heavy atom. The van der Waals surface area contributed by atoms with E-state index in [1.807, 2.05) is 0 Å². The summed E-state index contributed by atoms with van der Waals surface area (Å²) in [6.45, 7) is 8.86. The van der Waals surface area contributed by atoms with Crippen LogP contribution < -0.4 is 0 Å². The van der Waals surface area contributed by atoms with Crippen LogP contribution >= 0.6 is 25.3 Å². The fourth-order valence-electron chi connectivity index (χ4n) is 6.75. The predicted molar refractivity (Wildman–Crippen MR) is 224 cm³/mol. The second-order valence-electron chi connectivity index (χ2n) is 14.8. The van der Waals surface area contributed by atoms with E-state index in [2.05, 4.69) is 33.4 Å². The molecule has 0 spiro atoms. The van der Waals surface area contributed by atoms with Crippen LogP contribution in [0.4, 0.5) is 0 Å². The second kappa shape index (κ2) is 40.6. The highest BCUT2D eigenvalue weighted by Crippen LogP contribution is 2.23. The van der Waals surface area contributed by atoms with E-state index in [9.17, 15) is 0 Å². The first-order valence-electron chi connectivity index (χ1n) is 21.8. The lowest BCUT2D eigenvalue weighted by atomic mass is 10.0. The fraction of sp³-hybridized carbons (Fsp3) is 1.00. The van der Waals surface area contributed by atoms with Crippen LogP contribution in [0.15, 0.2) is 0 Å². The number of thiol groups is 2. The Labute approximate surface area is 315 Å². The first-order valence-corrected chi connectivity index (χ1v) is 24.9. The van der Waals surface area contributed by atoms with Gasteiger partial charge in [0.2, 0.25) is 0 Å². The van der Waals surface area contributed by atoms with Crippen LogP contribution in [0, 0.1) is 0 Å². The molecule has 0 aromatic heterocycles. The lowest BCUT2D eigenvalue weighted by Crippen LogP contribution is -2.47. The van der Waals surface area contributed by atoms with Crippen molar-refractivity contribution >= 4 is 34.1 Å². The van der Waals surface area contributed by atoms with Crippen molar-refractivity contribution in [2.24, 2.45) is 0 Å². The van der Waals surface area contributed by atoms with E-state index in [0.717, 1.165) is 44.3 Å². The summed E-state index contributed by atoms with van der Waals surface area (Å²) in [4.78, 5) is 0. The van der Waals surface area contributed by atoms with E-state index in [0.29, 0.717) is 6.61 Å². The van der Waals surface area contributed by atoms with E-state index in [1.165, 1.54) is 193 Å². The molecule has 0 aliphatic heterocycles. The standard InChI is InChI=1S/C42H88O3S2Si/c1-4-7-9-11-13-15-17-19-21-23-25-27-29-31-33-35-38-44-48(43-6-3,40-37-42(47)41-46)45-39-36-34-32-30-28-26-24-22-20-18-16-14-12-10-8-5-2/h42,46-47H,4-41H2,1-3H3. The van der Waals surface area contributed by atoms with Gasteiger partial charge in [0.15, 0.2) is 0 Å². The molecule has 0 aliphatic carbocycles. The van der Waals surface area contributed by atoms with Gasteiger partial charge >= 0.3 is 8.80 Å². The summed E-state index contributed by atoms with van der Waals surface area (Å²) in [7, 11) is -2.68. The summed E-state index contributed by atoms with van der Waals surface area (Å²) in [6.07, 6.45) is 45.3. The Bertz CT molecular complexity index is 559. The van der Waals surface area contributed by atoms with Gasteiger partial charge in [-0.1, -0.05) is 206 Å². The number of unbranched alkanes of at least 4 members (excludes halogenated alkanes) is 30. The summed E-state index contributed by atoms with van der Waals surface area (Å²) in [6, 6.07) is 0.854. The molecular formula is C42H88O3S2Si. The molecule has 0 saturated carbocycles. The van der Waals surface area contributed by atoms with E-state index < -0.39 is 8.80 Å². The SMILES string of the molecule is CCCCCCCCCCCCCCCCCCO[Si](CCC(S)CS)(OCC)OCCCCCCCCCCCCCCCCCC. The lowest BCUT2D eigenvalue weighted by molar-refractivity contribution is 0.0598. The average Bonchev–Trinajstić information content (AvgIpc) is 3.10. The summed E-state index contributed by atoms with van der Waals surface area (Å²) in [5, 5.41) is 0.263. The van der Waals surface area contributed by atoms with Gasteiger partial charge in [0, 0.05) is 36.9 Å². The van der Waals surface area contributed by atoms with Crippen LogP contribution in [0.1, 0.15) is 233 Å². The first-order chi connectivity index (χ1) is 23.6. The molecule has 0 aromatic carbocycles. The van der Waals surface area contributed by atoms with Crippen molar-refractivity contribution < 1.29 is 13.3 Å². The normalized spacial score (nSPS) is 12.7. The Hall–Kier alpha value is 0.797. The first kappa shape index (κ1) is 48.8. The minimum Gasteiger partial charge on any atom is -0.374 e. The number of hydrogen-bond donors (Lipinski definition) is 2. The van der Waals surface area contributed by atoms with Crippen LogP contribution in [0.5, 0.6) is 0 Å². The maximum Gasteiger partial charge on any atom is 0.500 e. The van der Waals surface area contributed by atoms with Crippen molar-refractivity contribution in [1.82, 2.24) is 0 Å². The molecule has 0 aromatic rings. The quantitative estimate of drug-likeness (QED) is 0.0372. The molecule has 0 N–H and O–H groups in total. The predicted octanol–water partition coefficient (Wildman–Crippen LogP) is 15.1. The van der Waals surface area contributed by atoms with Crippen LogP contribution in [0.2, 0.25) is 6.04 Å². The molecule has 6 heteroatoms. The molecule has 0 radical (unpaired) electrons. The highest BCUT2D eigenvalue weighted by Gasteiger charge is 2.40. The van der Waals surface area contributed by atoms with Crippen molar-refractivity contribution in [3.8, 4) is 0 Å². The van der Waals surface area contributed by atoms with Gasteiger partial charge in [0.25, 0.3) is 0 Å². The van der Waals surface area contributed by atoms with Crippen molar-refractivity contribution in [3.05, 3.63) is 0 Å². The summed E-state index contributed by atoms with van der Waals surface area (Å²) in [5.74, 6) is 0.776. The Kier molecular flexibility index (Phi) is 41.2. The van der Waals surface area contributed by atoms with Gasteiger partial charge in [0.1, 0.15) is 0 Å². The zero-order valence-corrected chi connectivity index (χ0v) is 35.9. The Morgan fingerprint density at radius 2 is 0.667 bits per heavy atom. The highest BCUT2D eigenvalue weighted by atomic mass is 32.1. The van der Waals surface area contributed by atoms with Gasteiger partial charge in [-0.05, 0) is 26.2 Å². The molecule has 3 nitrogen and oxygen atoms in total. The van der Waals surface area contributed by atoms with Crippen LogP contribution in [0.25, 0.3) is 0 Å². The molecule has 0 rings (SSSR count). The average molecular weight is 733 g/mol. The van der Waals surface area contributed by atoms with Crippen molar-refractivity contribution in [3.63, 3.8) is 0 Å². The van der Waals surface area contributed by atoms with Crippen LogP contribution in [0.3, 0.4) is 0 Å². The van der Waals surface area contributed by atoms with E-state index in [-0.39, 0.29) is 5.25 Å². The van der Waals surface area contributed by atoms with E-state index in [1.54, 1.807) is 0 Å². The van der Waals surface area contributed by atoms with Gasteiger partial charge in [-0.2, -0.15) is 25.3 Å². The minimum absolute atomic E-state index is 0.263. The molecule has 1 atom stereocenters. The van der Waals surface area contributed by atoms with E-state index >= 15 is 0 Å². The molecule has 48 heavy (non-hydrogen) atoms. The summed E-state index contributed by atoms with van der Waals surface area (Å²) in [5.41, 5.74) is 0. The van der Waals surface area contributed by atoms with Gasteiger partial charge in [-0.15, -0.1) is 0 Å². The number of rotatable bonds is 42. The lowest BCUT2D eigenvalue weighted by Gasteiger charge is -2.30. The monoisotopic (exact) mass is 733 g/mol. The van der Waals surface area contributed by atoms with Crippen LogP contribution in [-0.4, -0.2) is 39.6 Å². The third kappa shape index (κ3) is 35.2. The van der Waals surface area contributed by atoms with Crippen molar-refractivity contribution in [2.45, 2.75) is 244 Å². The van der Waals surface area contributed by atoms with E-state index in [4.69, 9.17) is 25.9 Å². The molecule has 0 amide bonds. The van der Waals surface area contributed by atoms with Crippen molar-refractivity contribution in [2.75, 3.05) is 25.6 Å². The van der Waals surface area contributed by atoms with Gasteiger partial charge in [-0.3, -0.25) is 0 Å². The van der Waals surface area contributed by atoms with Gasteiger partial charge in [0.05, 0.1) is 0 Å². The summed E-state index contributed by atoms with van der Waals surface area (Å²) >= 11 is 9.16.